The van der Waals surface area contributed by atoms with Gasteiger partial charge in [0.05, 0.1) is 25.9 Å². The van der Waals surface area contributed by atoms with E-state index in [1.165, 1.54) is 6.26 Å². The van der Waals surface area contributed by atoms with Crippen molar-refractivity contribution in [2.75, 3.05) is 14.2 Å². The molecule has 0 aliphatic heterocycles. The molecule has 2 rings (SSSR count). The number of rotatable bonds is 5. The largest absolute Gasteiger partial charge is 0.493 e. The molecule has 0 radical (unpaired) electrons. The van der Waals surface area contributed by atoms with Crippen LogP contribution in [0.3, 0.4) is 0 Å². The van der Waals surface area contributed by atoms with Gasteiger partial charge < -0.3 is 13.9 Å². The summed E-state index contributed by atoms with van der Waals surface area (Å²) < 4.78 is 15.5. The quantitative estimate of drug-likeness (QED) is 0.763. The molecule has 19 heavy (non-hydrogen) atoms. The Hall–Kier alpha value is -1.32. The Bertz CT molecular complexity index is 551. The molecule has 102 valence electrons. The summed E-state index contributed by atoms with van der Waals surface area (Å²) in [5, 5.41) is 0.0878. The molecule has 0 saturated heterocycles. The Morgan fingerprint density at radius 1 is 1.16 bits per heavy atom. The van der Waals surface area contributed by atoms with Crippen molar-refractivity contribution in [3.05, 3.63) is 46.9 Å². The van der Waals surface area contributed by atoms with Crippen LogP contribution in [0.2, 0.25) is 5.22 Å². The second kappa shape index (κ2) is 6.22. The molecule has 2 aromatic rings. The average Bonchev–Trinajstić information content (AvgIpc) is 2.85. The van der Waals surface area contributed by atoms with Crippen molar-refractivity contribution >= 4 is 23.2 Å². The molecule has 1 aromatic carbocycles. The summed E-state index contributed by atoms with van der Waals surface area (Å²) in [4.78, 5) is 0. The van der Waals surface area contributed by atoms with E-state index in [2.05, 4.69) is 0 Å². The number of ether oxygens (including phenoxy) is 2. The van der Waals surface area contributed by atoms with Crippen molar-refractivity contribution in [2.45, 2.75) is 11.8 Å². The normalized spacial score (nSPS) is 12.2. The number of benzene rings is 1. The van der Waals surface area contributed by atoms with Crippen LogP contribution >= 0.6 is 23.2 Å². The SMILES string of the molecule is COc1ccc(CC(Cl)c2ccoc2Cl)cc1OC. The fourth-order valence-corrected chi connectivity index (χ4v) is 2.50. The lowest BCUT2D eigenvalue weighted by Crippen LogP contribution is -1.97. The van der Waals surface area contributed by atoms with Gasteiger partial charge in [-0.1, -0.05) is 6.07 Å². The van der Waals surface area contributed by atoms with Crippen LogP contribution < -0.4 is 9.47 Å². The first-order valence-electron chi connectivity index (χ1n) is 5.73. The summed E-state index contributed by atoms with van der Waals surface area (Å²) >= 11 is 12.3. The number of halogens is 2. The summed E-state index contributed by atoms with van der Waals surface area (Å²) in [5.74, 6) is 1.38. The molecule has 0 aliphatic rings. The van der Waals surface area contributed by atoms with Crippen LogP contribution in [0, 0.1) is 0 Å². The summed E-state index contributed by atoms with van der Waals surface area (Å²) in [6.07, 6.45) is 2.16. The smallest absolute Gasteiger partial charge is 0.197 e. The summed E-state index contributed by atoms with van der Waals surface area (Å²) in [6, 6.07) is 7.49. The molecule has 0 fully saturated rings. The van der Waals surface area contributed by atoms with Gasteiger partial charge >= 0.3 is 0 Å². The Kier molecular flexibility index (Phi) is 4.61. The van der Waals surface area contributed by atoms with Crippen molar-refractivity contribution < 1.29 is 13.9 Å². The van der Waals surface area contributed by atoms with Crippen LogP contribution in [-0.2, 0) is 6.42 Å². The fourth-order valence-electron chi connectivity index (χ4n) is 1.85. The highest BCUT2D eigenvalue weighted by atomic mass is 35.5. The van der Waals surface area contributed by atoms with Crippen molar-refractivity contribution in [2.24, 2.45) is 0 Å². The molecule has 0 aliphatic carbocycles. The van der Waals surface area contributed by atoms with Crippen molar-refractivity contribution in [1.29, 1.82) is 0 Å². The van der Waals surface area contributed by atoms with E-state index in [0.717, 1.165) is 11.1 Å². The van der Waals surface area contributed by atoms with Gasteiger partial charge in [0.2, 0.25) is 0 Å². The van der Waals surface area contributed by atoms with Gasteiger partial charge in [-0.3, -0.25) is 0 Å². The summed E-state index contributed by atoms with van der Waals surface area (Å²) in [5.41, 5.74) is 1.83. The lowest BCUT2D eigenvalue weighted by atomic mass is 10.1. The molecule has 1 heterocycles. The molecule has 1 aromatic heterocycles. The monoisotopic (exact) mass is 300 g/mol. The van der Waals surface area contributed by atoms with E-state index in [1.54, 1.807) is 20.3 Å². The van der Waals surface area contributed by atoms with Crippen LogP contribution in [0.5, 0.6) is 11.5 Å². The van der Waals surface area contributed by atoms with Gasteiger partial charge in [0.25, 0.3) is 0 Å². The van der Waals surface area contributed by atoms with Crippen LogP contribution in [0.4, 0.5) is 0 Å². The molecular formula is C14H14Cl2O3. The molecule has 5 heteroatoms. The van der Waals surface area contributed by atoms with Gasteiger partial charge in [0.15, 0.2) is 16.7 Å². The highest BCUT2D eigenvalue weighted by molar-refractivity contribution is 6.31. The molecule has 1 atom stereocenters. The maximum Gasteiger partial charge on any atom is 0.197 e. The van der Waals surface area contributed by atoms with Gasteiger partial charge in [0, 0.05) is 5.56 Å². The minimum atomic E-state index is -0.246. The predicted molar refractivity (Wildman–Crippen MR) is 75.6 cm³/mol. The minimum absolute atomic E-state index is 0.246. The standard InChI is InChI=1S/C14H14Cl2O3/c1-17-12-4-3-9(8-13(12)18-2)7-11(15)10-5-6-19-14(10)16/h3-6,8,11H,7H2,1-2H3. The van der Waals surface area contributed by atoms with Crippen LogP contribution in [0.1, 0.15) is 16.5 Å². The lowest BCUT2D eigenvalue weighted by molar-refractivity contribution is 0.354. The van der Waals surface area contributed by atoms with E-state index >= 15 is 0 Å². The van der Waals surface area contributed by atoms with Crippen LogP contribution in [-0.4, -0.2) is 14.2 Å². The maximum atomic E-state index is 6.34. The Balaban J connectivity index is 2.17. The first-order chi connectivity index (χ1) is 9.15. The van der Waals surface area contributed by atoms with Gasteiger partial charge in [-0.2, -0.15) is 0 Å². The number of alkyl halides is 1. The topological polar surface area (TPSA) is 31.6 Å². The Labute approximate surface area is 122 Å². The highest BCUT2D eigenvalue weighted by Gasteiger charge is 2.16. The van der Waals surface area contributed by atoms with Crippen LogP contribution in [0.15, 0.2) is 34.9 Å². The van der Waals surface area contributed by atoms with E-state index in [0.29, 0.717) is 23.1 Å². The van der Waals surface area contributed by atoms with Gasteiger partial charge in [-0.05, 0) is 41.8 Å². The molecule has 1 unspecified atom stereocenters. The molecule has 3 nitrogen and oxygen atoms in total. The second-order valence-corrected chi connectivity index (χ2v) is 4.88. The average molecular weight is 301 g/mol. The van der Waals surface area contributed by atoms with E-state index in [4.69, 9.17) is 37.1 Å². The molecule has 0 bridgehead atoms. The van der Waals surface area contributed by atoms with E-state index in [1.807, 2.05) is 18.2 Å². The second-order valence-electron chi connectivity index (χ2n) is 4.01. The van der Waals surface area contributed by atoms with Gasteiger partial charge in [-0.25, -0.2) is 0 Å². The van der Waals surface area contributed by atoms with Gasteiger partial charge in [0.1, 0.15) is 0 Å². The zero-order valence-corrected chi connectivity index (χ0v) is 12.2. The first-order valence-corrected chi connectivity index (χ1v) is 6.55. The first kappa shape index (κ1) is 14.1. The number of furan rings is 1. The van der Waals surface area contributed by atoms with Crippen molar-refractivity contribution in [1.82, 2.24) is 0 Å². The lowest BCUT2D eigenvalue weighted by Gasteiger charge is -2.12. The third-order valence-corrected chi connectivity index (χ3v) is 3.54. The fraction of sp³-hybridized carbons (Fsp3) is 0.286. The third-order valence-electron chi connectivity index (χ3n) is 2.85. The zero-order chi connectivity index (χ0) is 13.8. The van der Waals surface area contributed by atoms with Crippen LogP contribution in [0.25, 0.3) is 0 Å². The Morgan fingerprint density at radius 3 is 2.47 bits per heavy atom. The van der Waals surface area contributed by atoms with Crippen molar-refractivity contribution in [3.8, 4) is 11.5 Å². The minimum Gasteiger partial charge on any atom is -0.493 e. The Morgan fingerprint density at radius 2 is 1.89 bits per heavy atom. The maximum absolute atomic E-state index is 6.34. The molecule has 0 N–H and O–H groups in total. The summed E-state index contributed by atoms with van der Waals surface area (Å²) in [6.45, 7) is 0. The van der Waals surface area contributed by atoms with E-state index in [9.17, 15) is 0 Å². The van der Waals surface area contributed by atoms with E-state index in [-0.39, 0.29) is 5.38 Å². The number of methoxy groups -OCH3 is 2. The molecule has 0 amide bonds. The van der Waals surface area contributed by atoms with Crippen molar-refractivity contribution in [3.63, 3.8) is 0 Å². The highest BCUT2D eigenvalue weighted by Crippen LogP contribution is 2.34. The van der Waals surface area contributed by atoms with E-state index < -0.39 is 0 Å². The summed E-state index contributed by atoms with van der Waals surface area (Å²) in [7, 11) is 3.21. The number of hydrogen-bond donors (Lipinski definition) is 0. The molecule has 0 spiro atoms. The third kappa shape index (κ3) is 3.17. The number of hydrogen-bond acceptors (Lipinski definition) is 3. The molecule has 0 saturated carbocycles. The molecular weight excluding hydrogens is 287 g/mol. The predicted octanol–water partition coefficient (Wildman–Crippen LogP) is 4.47. The zero-order valence-electron chi connectivity index (χ0n) is 10.7. The van der Waals surface area contributed by atoms with Gasteiger partial charge in [-0.15, -0.1) is 11.6 Å².